The van der Waals surface area contributed by atoms with E-state index in [0.29, 0.717) is 18.5 Å². The van der Waals surface area contributed by atoms with E-state index in [4.69, 9.17) is 9.26 Å². The van der Waals surface area contributed by atoms with E-state index in [2.05, 4.69) is 15.3 Å². The average Bonchev–Trinajstić information content (AvgIpc) is 2.62. The van der Waals surface area contributed by atoms with Crippen LogP contribution >= 0.6 is 7.52 Å². The molecule has 1 unspecified atom stereocenters. The number of benzene rings is 1. The van der Waals surface area contributed by atoms with Gasteiger partial charge in [0.25, 0.3) is 0 Å². The van der Waals surface area contributed by atoms with E-state index >= 15 is 0 Å². The van der Waals surface area contributed by atoms with Crippen LogP contribution in [0.2, 0.25) is 0 Å². The minimum atomic E-state index is -3.25. The van der Waals surface area contributed by atoms with Gasteiger partial charge < -0.3 is 19.5 Å². The van der Waals surface area contributed by atoms with Crippen molar-refractivity contribution < 1.29 is 18.6 Å². The van der Waals surface area contributed by atoms with Crippen LogP contribution in [0.5, 0.6) is 5.75 Å². The highest BCUT2D eigenvalue weighted by atomic mass is 31.2. The first-order valence-electron chi connectivity index (χ1n) is 8.73. The van der Waals surface area contributed by atoms with Crippen LogP contribution in [0.3, 0.4) is 0 Å². The maximum absolute atomic E-state index is 13.4. The number of piperazine rings is 1. The SMILES string of the molecule is CCOC(=O)[C@H](C)NP(=O)(CCN1CCNCC1)Oc1ccccc1. The highest BCUT2D eigenvalue weighted by Crippen LogP contribution is 2.43. The third-order valence-corrected chi connectivity index (χ3v) is 6.02. The van der Waals surface area contributed by atoms with Crippen molar-refractivity contribution in [2.45, 2.75) is 19.9 Å². The Morgan fingerprint density at radius 3 is 2.64 bits per heavy atom. The molecule has 0 saturated carbocycles. The largest absolute Gasteiger partial charge is 0.465 e. The van der Waals surface area contributed by atoms with E-state index in [1.54, 1.807) is 26.0 Å². The molecular formula is C17H28N3O4P. The molecule has 1 aromatic carbocycles. The summed E-state index contributed by atoms with van der Waals surface area (Å²) in [5, 5.41) is 6.18. The molecular weight excluding hydrogens is 341 g/mol. The normalized spacial score (nSPS) is 19.0. The molecule has 0 radical (unpaired) electrons. The Labute approximate surface area is 149 Å². The molecule has 1 aromatic rings. The van der Waals surface area contributed by atoms with Crippen LogP contribution in [-0.2, 0) is 14.1 Å². The summed E-state index contributed by atoms with van der Waals surface area (Å²) in [5.41, 5.74) is 0. The lowest BCUT2D eigenvalue weighted by Crippen LogP contribution is -2.45. The first-order chi connectivity index (χ1) is 12.0. The summed E-state index contributed by atoms with van der Waals surface area (Å²) in [6.07, 6.45) is 0.325. The quantitative estimate of drug-likeness (QED) is 0.507. The number of nitrogens with zero attached hydrogens (tertiary/aromatic N) is 1. The number of rotatable bonds is 9. The molecule has 25 heavy (non-hydrogen) atoms. The molecule has 1 aliphatic heterocycles. The molecule has 140 valence electrons. The number of carbonyl (C=O) groups excluding carboxylic acids is 1. The summed E-state index contributed by atoms with van der Waals surface area (Å²) < 4.78 is 24.1. The van der Waals surface area contributed by atoms with Crippen molar-refractivity contribution in [1.29, 1.82) is 0 Å². The number of ether oxygens (including phenoxy) is 1. The van der Waals surface area contributed by atoms with Crippen molar-refractivity contribution in [2.24, 2.45) is 0 Å². The molecule has 1 heterocycles. The van der Waals surface area contributed by atoms with Crippen LogP contribution in [0.4, 0.5) is 0 Å². The maximum Gasteiger partial charge on any atom is 0.323 e. The first-order valence-corrected chi connectivity index (χ1v) is 10.5. The molecule has 0 amide bonds. The summed E-state index contributed by atoms with van der Waals surface area (Å²) in [6.45, 7) is 8.01. The topological polar surface area (TPSA) is 79.9 Å². The highest BCUT2D eigenvalue weighted by molar-refractivity contribution is 7.57. The Morgan fingerprint density at radius 2 is 2.00 bits per heavy atom. The zero-order valence-electron chi connectivity index (χ0n) is 14.9. The minimum Gasteiger partial charge on any atom is -0.465 e. The number of carbonyl (C=O) groups is 1. The molecule has 0 bridgehead atoms. The van der Waals surface area contributed by atoms with Gasteiger partial charge in [0.15, 0.2) is 0 Å². The monoisotopic (exact) mass is 369 g/mol. The van der Waals surface area contributed by atoms with Gasteiger partial charge in [-0.05, 0) is 26.0 Å². The van der Waals surface area contributed by atoms with Gasteiger partial charge in [-0.1, -0.05) is 18.2 Å². The maximum atomic E-state index is 13.4. The Kier molecular flexibility index (Phi) is 7.90. The lowest BCUT2D eigenvalue weighted by Gasteiger charge is -2.29. The molecule has 2 atom stereocenters. The van der Waals surface area contributed by atoms with Crippen LogP contribution in [0, 0.1) is 0 Å². The van der Waals surface area contributed by atoms with Gasteiger partial charge in [0.05, 0.1) is 12.8 Å². The molecule has 7 nitrogen and oxygen atoms in total. The summed E-state index contributed by atoms with van der Waals surface area (Å²) in [7, 11) is -3.25. The lowest BCUT2D eigenvalue weighted by molar-refractivity contribution is -0.144. The number of hydrogen-bond donors (Lipinski definition) is 2. The molecule has 0 aromatic heterocycles. The Balaban J connectivity index is 2.03. The van der Waals surface area contributed by atoms with Gasteiger partial charge in [0.2, 0.25) is 0 Å². The van der Waals surface area contributed by atoms with E-state index < -0.39 is 19.5 Å². The smallest absolute Gasteiger partial charge is 0.323 e. The number of nitrogens with one attached hydrogen (secondary N) is 2. The third kappa shape index (κ3) is 6.78. The molecule has 8 heteroatoms. The second-order valence-electron chi connectivity index (χ2n) is 6.00. The van der Waals surface area contributed by atoms with Gasteiger partial charge in [0.1, 0.15) is 11.8 Å². The number of para-hydroxylation sites is 1. The van der Waals surface area contributed by atoms with Crippen LogP contribution in [-0.4, -0.2) is 62.4 Å². The second kappa shape index (κ2) is 9.92. The molecule has 2 N–H and O–H groups in total. The standard InChI is InChI=1S/C17H28N3O4P/c1-3-23-17(21)15(2)19-25(22,24-16-7-5-4-6-8-16)14-13-20-11-9-18-10-12-20/h4-8,15,18H,3,9-14H2,1-2H3,(H,19,22)/t15-,25?/m0/s1. The summed E-state index contributed by atoms with van der Waals surface area (Å²) in [6, 6.07) is 8.34. The highest BCUT2D eigenvalue weighted by Gasteiger charge is 2.31. The van der Waals surface area contributed by atoms with Crippen LogP contribution in [0.1, 0.15) is 13.8 Å². The third-order valence-electron chi connectivity index (χ3n) is 3.95. The van der Waals surface area contributed by atoms with Gasteiger partial charge in [-0.3, -0.25) is 9.36 Å². The van der Waals surface area contributed by atoms with Crippen molar-refractivity contribution in [1.82, 2.24) is 15.3 Å². The molecule has 0 spiro atoms. The minimum absolute atomic E-state index is 0.287. The molecule has 1 aliphatic rings. The lowest BCUT2D eigenvalue weighted by atomic mass is 10.3. The average molecular weight is 369 g/mol. The Morgan fingerprint density at radius 1 is 1.32 bits per heavy atom. The summed E-state index contributed by atoms with van der Waals surface area (Å²) in [5.74, 6) is 0.0938. The zero-order chi connectivity index (χ0) is 18.1. The summed E-state index contributed by atoms with van der Waals surface area (Å²) in [4.78, 5) is 14.1. The fourth-order valence-electron chi connectivity index (χ4n) is 2.61. The predicted molar refractivity (Wildman–Crippen MR) is 98.1 cm³/mol. The van der Waals surface area contributed by atoms with E-state index in [1.165, 1.54) is 0 Å². The van der Waals surface area contributed by atoms with E-state index in [0.717, 1.165) is 26.2 Å². The number of esters is 1. The molecule has 2 rings (SSSR count). The van der Waals surface area contributed by atoms with E-state index in [9.17, 15) is 9.36 Å². The predicted octanol–water partition coefficient (Wildman–Crippen LogP) is 1.70. The van der Waals surface area contributed by atoms with Crippen molar-refractivity contribution in [3.63, 3.8) is 0 Å². The van der Waals surface area contributed by atoms with Gasteiger partial charge in [-0.15, -0.1) is 0 Å². The summed E-state index contributed by atoms with van der Waals surface area (Å²) >= 11 is 0. The van der Waals surface area contributed by atoms with Crippen molar-refractivity contribution in [3.8, 4) is 5.75 Å². The molecule has 1 saturated heterocycles. The first kappa shape index (κ1) is 19.9. The molecule has 0 aliphatic carbocycles. The fraction of sp³-hybridized carbons (Fsp3) is 0.588. The van der Waals surface area contributed by atoms with Crippen LogP contribution < -0.4 is 14.9 Å². The van der Waals surface area contributed by atoms with E-state index in [-0.39, 0.29) is 6.61 Å². The zero-order valence-corrected chi connectivity index (χ0v) is 15.8. The Bertz CT molecular complexity index is 579. The van der Waals surface area contributed by atoms with Crippen LogP contribution in [0.25, 0.3) is 0 Å². The van der Waals surface area contributed by atoms with Crippen molar-refractivity contribution in [2.75, 3.05) is 45.5 Å². The van der Waals surface area contributed by atoms with Gasteiger partial charge >= 0.3 is 13.5 Å². The Hall–Kier alpha value is -1.40. The van der Waals surface area contributed by atoms with Gasteiger partial charge in [-0.2, -0.15) is 0 Å². The van der Waals surface area contributed by atoms with Crippen molar-refractivity contribution in [3.05, 3.63) is 30.3 Å². The second-order valence-corrected chi connectivity index (χ2v) is 8.23. The number of hydrogen-bond acceptors (Lipinski definition) is 6. The van der Waals surface area contributed by atoms with Crippen molar-refractivity contribution >= 4 is 13.5 Å². The van der Waals surface area contributed by atoms with Crippen LogP contribution in [0.15, 0.2) is 30.3 Å². The van der Waals surface area contributed by atoms with Gasteiger partial charge in [0, 0.05) is 32.7 Å². The van der Waals surface area contributed by atoms with E-state index in [1.807, 2.05) is 18.2 Å². The fourth-order valence-corrected chi connectivity index (χ4v) is 4.59. The molecule has 1 fully saturated rings. The van der Waals surface area contributed by atoms with Gasteiger partial charge in [-0.25, -0.2) is 5.09 Å².